The lowest BCUT2D eigenvalue weighted by Gasteiger charge is -2.41. The number of allylic oxidation sites excluding steroid dienone is 6. The average molecular weight is 902 g/mol. The SMILES string of the molecule is CCCCCCCC/C=C\C/C=C\C(O)CC(=O)NC(COP(=O)(O)OC1C(O)C(O)C(O)C(O)C1O)C(O)/C=C/CC/C=C/CCCCCCCCCCCCCCCCC. The lowest BCUT2D eigenvalue weighted by molar-refractivity contribution is -0.220. The molecule has 0 radical (unpaired) electrons. The van der Waals surface area contributed by atoms with Crippen molar-refractivity contribution >= 4 is 13.7 Å². The summed E-state index contributed by atoms with van der Waals surface area (Å²) in [6.45, 7) is 3.68. The second kappa shape index (κ2) is 37.5. The largest absolute Gasteiger partial charge is 0.472 e. The third-order valence-electron chi connectivity index (χ3n) is 11.4. The van der Waals surface area contributed by atoms with Gasteiger partial charge in [-0.2, -0.15) is 0 Å². The van der Waals surface area contributed by atoms with Crippen molar-refractivity contribution in [3.63, 3.8) is 0 Å². The highest BCUT2D eigenvalue weighted by Gasteiger charge is 2.51. The summed E-state index contributed by atoms with van der Waals surface area (Å²) in [5.41, 5.74) is 0. The number of phosphoric acid groups is 1. The summed E-state index contributed by atoms with van der Waals surface area (Å²) in [6.07, 6.45) is 31.0. The van der Waals surface area contributed by atoms with Crippen molar-refractivity contribution in [2.24, 2.45) is 0 Å². The second-order valence-electron chi connectivity index (χ2n) is 17.1. The highest BCUT2D eigenvalue weighted by molar-refractivity contribution is 7.47. The maximum Gasteiger partial charge on any atom is 0.472 e. The minimum absolute atomic E-state index is 0.360. The number of unbranched alkanes of at least 4 members (excludes halogenated alkanes) is 22. The first-order valence-electron chi connectivity index (χ1n) is 24.2. The van der Waals surface area contributed by atoms with Gasteiger partial charge in [0.05, 0.1) is 31.3 Å². The van der Waals surface area contributed by atoms with E-state index in [4.69, 9.17) is 9.05 Å². The molecule has 8 unspecified atom stereocenters. The van der Waals surface area contributed by atoms with Gasteiger partial charge in [0.25, 0.3) is 0 Å². The molecular weight excluding hydrogens is 813 g/mol. The summed E-state index contributed by atoms with van der Waals surface area (Å²) in [4.78, 5) is 23.4. The zero-order chi connectivity index (χ0) is 45.9. The van der Waals surface area contributed by atoms with Gasteiger partial charge >= 0.3 is 7.82 Å². The summed E-state index contributed by atoms with van der Waals surface area (Å²) < 4.78 is 22.8. The van der Waals surface area contributed by atoms with Crippen LogP contribution in [0, 0.1) is 0 Å². The van der Waals surface area contributed by atoms with E-state index in [1.807, 2.05) is 6.08 Å². The van der Waals surface area contributed by atoms with E-state index in [9.17, 15) is 50.0 Å². The number of amides is 1. The van der Waals surface area contributed by atoms with Crippen LogP contribution < -0.4 is 5.32 Å². The Morgan fingerprint density at radius 2 is 0.984 bits per heavy atom. The number of phosphoric ester groups is 1. The molecular formula is C48H88NO12P. The maximum absolute atomic E-state index is 12.9. The van der Waals surface area contributed by atoms with E-state index in [2.05, 4.69) is 37.4 Å². The van der Waals surface area contributed by atoms with E-state index >= 15 is 0 Å². The number of hydrogen-bond acceptors (Lipinski definition) is 11. The van der Waals surface area contributed by atoms with E-state index < -0.39 is 75.2 Å². The Hall–Kier alpha value is -1.74. The minimum Gasteiger partial charge on any atom is -0.389 e. The third-order valence-corrected chi connectivity index (χ3v) is 12.4. The van der Waals surface area contributed by atoms with Crippen LogP contribution in [0.15, 0.2) is 48.6 Å². The van der Waals surface area contributed by atoms with Crippen molar-refractivity contribution < 1.29 is 59.0 Å². The van der Waals surface area contributed by atoms with Crippen LogP contribution in [0.4, 0.5) is 0 Å². The molecule has 0 aromatic carbocycles. The molecule has 14 heteroatoms. The summed E-state index contributed by atoms with van der Waals surface area (Å²) >= 11 is 0. The summed E-state index contributed by atoms with van der Waals surface area (Å²) in [7, 11) is -5.16. The number of carbonyl (C=O) groups excluding carboxylic acids is 1. The van der Waals surface area contributed by atoms with E-state index in [1.54, 1.807) is 12.2 Å². The molecule has 1 saturated carbocycles. The van der Waals surface area contributed by atoms with E-state index in [-0.39, 0.29) is 6.42 Å². The van der Waals surface area contributed by atoms with Gasteiger partial charge in [0.2, 0.25) is 5.91 Å². The van der Waals surface area contributed by atoms with Crippen molar-refractivity contribution in [3.05, 3.63) is 48.6 Å². The standard InChI is InChI=1S/C48H88NO12P/c1-3-5-7-9-11-13-15-16-17-18-19-20-21-22-23-24-26-28-30-32-34-36-41(51)40(38-60-62(58,59)61-48-46(56)44(54)43(53)45(55)47(48)57)49-42(52)37-39(50)35-33-31-29-27-25-14-12-10-8-6-4-2/h26-29,33-36,39-41,43-48,50-51,53-57H,3-25,30-32,37-38H2,1-2H3,(H,49,52)(H,58,59)/b28-26+,29-27-,35-33-,36-34+. The molecule has 0 aromatic heterocycles. The number of aliphatic hydroxyl groups excluding tert-OH is 7. The Morgan fingerprint density at radius 3 is 1.48 bits per heavy atom. The molecule has 62 heavy (non-hydrogen) atoms. The zero-order valence-electron chi connectivity index (χ0n) is 38.3. The molecule has 362 valence electrons. The van der Waals surface area contributed by atoms with E-state index in [1.165, 1.54) is 134 Å². The molecule has 13 nitrogen and oxygen atoms in total. The minimum atomic E-state index is -5.16. The average Bonchev–Trinajstić information content (AvgIpc) is 3.24. The molecule has 1 aliphatic carbocycles. The number of carbonyl (C=O) groups is 1. The van der Waals surface area contributed by atoms with Crippen LogP contribution in [0.1, 0.15) is 187 Å². The normalized spacial score (nSPS) is 23.5. The second-order valence-corrected chi connectivity index (χ2v) is 18.5. The Kier molecular flexibility index (Phi) is 35.2. The van der Waals surface area contributed by atoms with Gasteiger partial charge in [0.15, 0.2) is 0 Å². The van der Waals surface area contributed by atoms with Crippen molar-refractivity contribution in [1.29, 1.82) is 0 Å². The highest BCUT2D eigenvalue weighted by Crippen LogP contribution is 2.47. The van der Waals surface area contributed by atoms with Gasteiger partial charge in [-0.1, -0.05) is 184 Å². The predicted octanol–water partition coefficient (Wildman–Crippen LogP) is 8.31. The molecule has 0 spiro atoms. The monoisotopic (exact) mass is 902 g/mol. The van der Waals surface area contributed by atoms with Crippen LogP contribution >= 0.6 is 7.82 Å². The maximum atomic E-state index is 12.9. The molecule has 1 amide bonds. The number of nitrogens with one attached hydrogen (secondary N) is 1. The first-order valence-corrected chi connectivity index (χ1v) is 25.7. The van der Waals surface area contributed by atoms with Crippen LogP contribution in [0.5, 0.6) is 0 Å². The lowest BCUT2D eigenvalue weighted by Crippen LogP contribution is -2.64. The molecule has 9 N–H and O–H groups in total. The first kappa shape index (κ1) is 58.3. The van der Waals surface area contributed by atoms with Gasteiger partial charge in [0.1, 0.15) is 36.6 Å². The third kappa shape index (κ3) is 28.9. The van der Waals surface area contributed by atoms with Gasteiger partial charge in [-0.25, -0.2) is 4.57 Å². The van der Waals surface area contributed by atoms with Gasteiger partial charge in [0, 0.05) is 0 Å². The van der Waals surface area contributed by atoms with Gasteiger partial charge in [-0.15, -0.1) is 0 Å². The highest BCUT2D eigenvalue weighted by atomic mass is 31.2. The topological polar surface area (TPSA) is 226 Å². The van der Waals surface area contributed by atoms with Gasteiger partial charge < -0.3 is 46.0 Å². The van der Waals surface area contributed by atoms with Crippen LogP contribution in [0.2, 0.25) is 0 Å². The molecule has 0 aromatic rings. The molecule has 1 aliphatic rings. The smallest absolute Gasteiger partial charge is 0.389 e. The molecule has 8 atom stereocenters. The quantitative estimate of drug-likeness (QED) is 0.0161. The number of rotatable bonds is 39. The molecule has 0 saturated heterocycles. The van der Waals surface area contributed by atoms with Crippen molar-refractivity contribution in [2.75, 3.05) is 6.61 Å². The predicted molar refractivity (Wildman–Crippen MR) is 247 cm³/mol. The van der Waals surface area contributed by atoms with Crippen LogP contribution in [0.25, 0.3) is 0 Å². The molecule has 1 fully saturated rings. The lowest BCUT2D eigenvalue weighted by atomic mass is 9.85. The fourth-order valence-electron chi connectivity index (χ4n) is 7.43. The first-order chi connectivity index (χ1) is 29.8. The van der Waals surface area contributed by atoms with E-state index in [0.29, 0.717) is 12.8 Å². The van der Waals surface area contributed by atoms with Crippen LogP contribution in [-0.2, 0) is 18.4 Å². The fourth-order valence-corrected chi connectivity index (χ4v) is 8.40. The number of hydrogen-bond donors (Lipinski definition) is 9. The van der Waals surface area contributed by atoms with Gasteiger partial charge in [-0.05, 0) is 44.9 Å². The van der Waals surface area contributed by atoms with Gasteiger partial charge in [-0.3, -0.25) is 13.8 Å². The summed E-state index contributed by atoms with van der Waals surface area (Å²) in [5.74, 6) is -0.671. The Morgan fingerprint density at radius 1 is 0.565 bits per heavy atom. The summed E-state index contributed by atoms with van der Waals surface area (Å²) in [6, 6.07) is -1.29. The Bertz CT molecular complexity index is 1250. The molecule has 1 rings (SSSR count). The van der Waals surface area contributed by atoms with Crippen LogP contribution in [-0.4, -0.2) is 108 Å². The van der Waals surface area contributed by atoms with Crippen molar-refractivity contribution in [1.82, 2.24) is 5.32 Å². The van der Waals surface area contributed by atoms with Crippen molar-refractivity contribution in [3.8, 4) is 0 Å². The zero-order valence-corrected chi connectivity index (χ0v) is 39.2. The Labute approximate surface area is 374 Å². The van der Waals surface area contributed by atoms with Crippen LogP contribution in [0.3, 0.4) is 0 Å². The van der Waals surface area contributed by atoms with E-state index in [0.717, 1.165) is 32.1 Å². The molecule has 0 bridgehead atoms. The molecule has 0 aliphatic heterocycles. The molecule has 0 heterocycles. The Balaban J connectivity index is 2.57. The summed E-state index contributed by atoms with van der Waals surface area (Å²) in [5, 5.41) is 74.2. The van der Waals surface area contributed by atoms with Crippen molar-refractivity contribution in [2.45, 2.75) is 242 Å². The fraction of sp³-hybridized carbons (Fsp3) is 0.812. The number of aliphatic hydroxyl groups is 7.